The van der Waals surface area contributed by atoms with Gasteiger partial charge in [0.05, 0.1) is 0 Å². The van der Waals surface area contributed by atoms with Crippen LogP contribution in [-0.4, -0.2) is 33.2 Å². The molecule has 0 aromatic carbocycles. The molecule has 371 valence electrons. The molecule has 0 saturated carbocycles. The van der Waals surface area contributed by atoms with Gasteiger partial charge in [-0.25, -0.2) is 0 Å². The van der Waals surface area contributed by atoms with E-state index >= 15 is 0 Å². The molecule has 0 aliphatic carbocycles. The molecule has 61 heavy (non-hydrogen) atoms. The molecular formula is C54H108AuO6. The van der Waals surface area contributed by atoms with Crippen LogP contribution in [0.3, 0.4) is 0 Å². The van der Waals surface area contributed by atoms with Gasteiger partial charge in [0.25, 0.3) is 0 Å². The molecule has 0 bridgehead atoms. The minimum Gasteiger partial charge on any atom is -0.481 e. The van der Waals surface area contributed by atoms with Gasteiger partial charge in [0.1, 0.15) is 0 Å². The number of hydrogen-bond acceptors (Lipinski definition) is 3. The third kappa shape index (κ3) is 76.8. The maximum Gasteiger partial charge on any atom is 0.303 e. The van der Waals surface area contributed by atoms with Crippen LogP contribution in [0.2, 0.25) is 0 Å². The zero-order valence-electron chi connectivity index (χ0n) is 41.3. The molecule has 0 aliphatic rings. The molecule has 0 atom stereocenters. The van der Waals surface area contributed by atoms with Crippen LogP contribution in [0.1, 0.15) is 329 Å². The second kappa shape index (κ2) is 63.4. The van der Waals surface area contributed by atoms with E-state index in [1.807, 2.05) is 0 Å². The Hall–Kier alpha value is -0.850. The van der Waals surface area contributed by atoms with Gasteiger partial charge in [-0.1, -0.05) is 290 Å². The summed E-state index contributed by atoms with van der Waals surface area (Å²) >= 11 is 0. The summed E-state index contributed by atoms with van der Waals surface area (Å²) in [6.45, 7) is 6.81. The van der Waals surface area contributed by atoms with E-state index in [1.54, 1.807) is 0 Å². The molecule has 3 N–H and O–H groups in total. The number of aliphatic carboxylic acids is 3. The van der Waals surface area contributed by atoms with Crippen LogP contribution in [0.25, 0.3) is 0 Å². The maximum atomic E-state index is 10.3. The maximum absolute atomic E-state index is 10.3. The van der Waals surface area contributed by atoms with E-state index in [4.69, 9.17) is 15.3 Å². The molecular weight excluding hydrogens is 942 g/mol. The van der Waals surface area contributed by atoms with Crippen molar-refractivity contribution in [3.05, 3.63) is 0 Å². The summed E-state index contributed by atoms with van der Waals surface area (Å²) in [5.74, 6) is -1.96. The second-order valence-electron chi connectivity index (χ2n) is 18.3. The molecule has 0 saturated heterocycles. The zero-order valence-corrected chi connectivity index (χ0v) is 43.5. The van der Waals surface area contributed by atoms with Gasteiger partial charge >= 0.3 is 17.9 Å². The Labute approximate surface area is 397 Å². The van der Waals surface area contributed by atoms with Gasteiger partial charge in [-0.2, -0.15) is 0 Å². The van der Waals surface area contributed by atoms with Crippen molar-refractivity contribution >= 4 is 17.9 Å². The Morgan fingerprint density at radius 2 is 0.311 bits per heavy atom. The number of carbonyl (C=O) groups is 3. The molecule has 0 spiro atoms. The van der Waals surface area contributed by atoms with Crippen molar-refractivity contribution in [2.75, 3.05) is 0 Å². The van der Waals surface area contributed by atoms with E-state index in [0.717, 1.165) is 38.5 Å². The monoisotopic (exact) mass is 1050 g/mol. The topological polar surface area (TPSA) is 112 Å². The Bertz CT molecular complexity index is 717. The molecule has 0 fully saturated rings. The smallest absolute Gasteiger partial charge is 0.303 e. The molecule has 0 aromatic heterocycles. The molecule has 0 aliphatic heterocycles. The summed E-state index contributed by atoms with van der Waals surface area (Å²) in [6, 6.07) is 0. The van der Waals surface area contributed by atoms with Crippen LogP contribution in [0.4, 0.5) is 0 Å². The molecule has 6 nitrogen and oxygen atoms in total. The predicted octanol–water partition coefficient (Wildman–Crippen LogP) is 19.0. The third-order valence-electron chi connectivity index (χ3n) is 12.0. The first kappa shape index (κ1) is 66.7. The summed E-state index contributed by atoms with van der Waals surface area (Å²) in [5, 5.41) is 25.6. The average Bonchev–Trinajstić information content (AvgIpc) is 3.22. The number of carboxylic acid groups (broad SMARTS) is 3. The summed E-state index contributed by atoms with van der Waals surface area (Å²) in [6.07, 6.45) is 60.6. The Morgan fingerprint density at radius 3 is 0.410 bits per heavy atom. The van der Waals surface area contributed by atoms with Crippen LogP contribution in [0, 0.1) is 0 Å². The van der Waals surface area contributed by atoms with Crippen LogP contribution in [0.15, 0.2) is 0 Å². The quantitative estimate of drug-likeness (QED) is 0.0413. The third-order valence-corrected chi connectivity index (χ3v) is 12.0. The van der Waals surface area contributed by atoms with Crippen LogP contribution in [0.5, 0.6) is 0 Å². The first-order chi connectivity index (χ1) is 29.3. The van der Waals surface area contributed by atoms with Crippen LogP contribution >= 0.6 is 0 Å². The van der Waals surface area contributed by atoms with Gasteiger partial charge in [0, 0.05) is 41.6 Å². The number of hydrogen-bond donors (Lipinski definition) is 3. The molecule has 0 unspecified atom stereocenters. The van der Waals surface area contributed by atoms with Crippen molar-refractivity contribution in [1.82, 2.24) is 0 Å². The number of rotatable bonds is 48. The zero-order chi connectivity index (χ0) is 44.7. The van der Waals surface area contributed by atoms with E-state index in [0.29, 0.717) is 19.3 Å². The molecule has 7 heteroatoms. The van der Waals surface area contributed by atoms with Gasteiger partial charge in [-0.05, 0) is 19.3 Å². The first-order valence-electron chi connectivity index (χ1n) is 27.0. The molecule has 0 aromatic rings. The van der Waals surface area contributed by atoms with Crippen LogP contribution < -0.4 is 0 Å². The van der Waals surface area contributed by atoms with Gasteiger partial charge < -0.3 is 15.3 Å². The second-order valence-corrected chi connectivity index (χ2v) is 18.3. The van der Waals surface area contributed by atoms with Crippen LogP contribution in [-0.2, 0) is 36.8 Å². The number of carboxylic acids is 3. The Morgan fingerprint density at radius 1 is 0.213 bits per heavy atom. The summed E-state index contributed by atoms with van der Waals surface area (Å²) in [7, 11) is 0. The average molecular weight is 1050 g/mol. The van der Waals surface area contributed by atoms with Crippen molar-refractivity contribution in [3.63, 3.8) is 0 Å². The van der Waals surface area contributed by atoms with E-state index < -0.39 is 17.9 Å². The number of unbranched alkanes of at least 4 members (excludes halogenated alkanes) is 42. The fourth-order valence-corrected chi connectivity index (χ4v) is 7.94. The van der Waals surface area contributed by atoms with E-state index in [1.165, 1.54) is 250 Å². The first-order valence-corrected chi connectivity index (χ1v) is 27.0. The normalized spacial score (nSPS) is 10.7. The van der Waals surface area contributed by atoms with Gasteiger partial charge in [0.2, 0.25) is 0 Å². The minimum atomic E-state index is -0.653. The molecule has 0 heterocycles. The standard InChI is InChI=1S/3C18H36O2.Au/c3*1-2-3-4-5-6-7-8-9-10-11-12-13-14-15-16-17-18(19)20;/h3*2-17H2,1H3,(H,19,20);. The summed E-state index contributed by atoms with van der Waals surface area (Å²) in [5.41, 5.74) is 0. The van der Waals surface area contributed by atoms with E-state index in [-0.39, 0.29) is 22.4 Å². The fourth-order valence-electron chi connectivity index (χ4n) is 7.94. The van der Waals surface area contributed by atoms with Gasteiger partial charge in [-0.3, -0.25) is 14.4 Å². The van der Waals surface area contributed by atoms with E-state index in [2.05, 4.69) is 20.8 Å². The van der Waals surface area contributed by atoms with Gasteiger partial charge in [-0.15, -0.1) is 0 Å². The Balaban J connectivity index is -0.000000396. The summed E-state index contributed by atoms with van der Waals surface area (Å²) in [4.78, 5) is 31.0. The molecule has 0 amide bonds. The Kier molecular flexibility index (Phi) is 69.4. The summed E-state index contributed by atoms with van der Waals surface area (Å²) < 4.78 is 0. The largest absolute Gasteiger partial charge is 0.481 e. The fraction of sp³-hybridized carbons (Fsp3) is 0.944. The van der Waals surface area contributed by atoms with Gasteiger partial charge in [0.15, 0.2) is 0 Å². The van der Waals surface area contributed by atoms with Crippen molar-refractivity contribution < 1.29 is 52.1 Å². The molecule has 0 rings (SSSR count). The van der Waals surface area contributed by atoms with E-state index in [9.17, 15) is 14.4 Å². The molecule has 1 radical (unpaired) electrons. The SMILES string of the molecule is CCCCCCCCCCCCCCCCCC(=O)O.CCCCCCCCCCCCCCCCCC(=O)O.CCCCCCCCCCCCCCCCCC(=O)O.[Au]. The van der Waals surface area contributed by atoms with Crippen molar-refractivity contribution in [3.8, 4) is 0 Å². The van der Waals surface area contributed by atoms with Crippen molar-refractivity contribution in [1.29, 1.82) is 0 Å². The minimum absolute atomic E-state index is 0. The van der Waals surface area contributed by atoms with Crippen molar-refractivity contribution in [2.45, 2.75) is 329 Å². The predicted molar refractivity (Wildman–Crippen MR) is 262 cm³/mol. The van der Waals surface area contributed by atoms with Crippen molar-refractivity contribution in [2.24, 2.45) is 0 Å².